The van der Waals surface area contributed by atoms with Gasteiger partial charge in [-0.3, -0.25) is 4.79 Å². The lowest BCUT2D eigenvalue weighted by Gasteiger charge is -2.07. The molecule has 0 aliphatic rings. The van der Waals surface area contributed by atoms with E-state index in [1.807, 2.05) is 24.3 Å². The number of benzene rings is 2. The molecule has 0 heterocycles. The Kier molecular flexibility index (Phi) is 5.21. The van der Waals surface area contributed by atoms with Crippen molar-refractivity contribution in [3.05, 3.63) is 59.7 Å². The van der Waals surface area contributed by atoms with E-state index in [1.54, 1.807) is 12.1 Å². The van der Waals surface area contributed by atoms with Gasteiger partial charge in [0.1, 0.15) is 0 Å². The van der Waals surface area contributed by atoms with E-state index in [9.17, 15) is 4.79 Å². The van der Waals surface area contributed by atoms with Crippen LogP contribution in [0.1, 0.15) is 24.0 Å². The van der Waals surface area contributed by atoms with Crippen LogP contribution in [0.25, 0.3) is 0 Å². The topological polar surface area (TPSA) is 81.1 Å². The summed E-state index contributed by atoms with van der Waals surface area (Å²) in [6.07, 6.45) is 2.29. The van der Waals surface area contributed by atoms with Crippen molar-refractivity contribution in [1.82, 2.24) is 5.32 Å². The quantitative estimate of drug-likeness (QED) is 0.712. The van der Waals surface area contributed by atoms with Gasteiger partial charge in [-0.15, -0.1) is 0 Å². The molecule has 0 aromatic heterocycles. The van der Waals surface area contributed by atoms with Gasteiger partial charge < -0.3 is 16.8 Å². The molecule has 0 fully saturated rings. The van der Waals surface area contributed by atoms with Crippen LogP contribution in [0.4, 0.5) is 11.4 Å². The van der Waals surface area contributed by atoms with Gasteiger partial charge in [-0.25, -0.2) is 0 Å². The molecule has 4 heteroatoms. The highest BCUT2D eigenvalue weighted by atomic mass is 16.1. The predicted octanol–water partition coefficient (Wildman–Crippen LogP) is 2.49. The second kappa shape index (κ2) is 7.33. The van der Waals surface area contributed by atoms with Crippen LogP contribution in [0.5, 0.6) is 0 Å². The molecule has 2 rings (SSSR count). The average Bonchev–Trinajstić information content (AvgIpc) is 2.49. The minimum Gasteiger partial charge on any atom is -0.397 e. The number of rotatable bonds is 6. The van der Waals surface area contributed by atoms with Crippen LogP contribution in [-0.4, -0.2) is 5.91 Å². The van der Waals surface area contributed by atoms with Crippen molar-refractivity contribution in [3.8, 4) is 0 Å². The average molecular weight is 283 g/mol. The van der Waals surface area contributed by atoms with E-state index in [-0.39, 0.29) is 5.91 Å². The van der Waals surface area contributed by atoms with Crippen molar-refractivity contribution >= 4 is 17.3 Å². The van der Waals surface area contributed by atoms with Crippen molar-refractivity contribution in [1.29, 1.82) is 0 Å². The number of nitrogens with one attached hydrogen (secondary N) is 1. The van der Waals surface area contributed by atoms with E-state index in [4.69, 9.17) is 11.5 Å². The van der Waals surface area contributed by atoms with E-state index in [2.05, 4.69) is 17.4 Å². The molecule has 4 nitrogen and oxygen atoms in total. The Bertz CT molecular complexity index is 596. The maximum Gasteiger partial charge on any atom is 0.220 e. The number of hydrogen-bond donors (Lipinski definition) is 3. The van der Waals surface area contributed by atoms with Crippen molar-refractivity contribution < 1.29 is 4.79 Å². The number of hydrogen-bond acceptors (Lipinski definition) is 3. The fraction of sp³-hybridized carbons (Fsp3) is 0.235. The van der Waals surface area contributed by atoms with Crippen LogP contribution in [0.3, 0.4) is 0 Å². The van der Waals surface area contributed by atoms with Crippen LogP contribution >= 0.6 is 0 Å². The predicted molar refractivity (Wildman–Crippen MR) is 86.5 cm³/mol. The van der Waals surface area contributed by atoms with Gasteiger partial charge in [0.25, 0.3) is 0 Å². The zero-order valence-electron chi connectivity index (χ0n) is 12.0. The van der Waals surface area contributed by atoms with E-state index < -0.39 is 0 Å². The van der Waals surface area contributed by atoms with Gasteiger partial charge in [-0.2, -0.15) is 0 Å². The standard InChI is InChI=1S/C17H21N3O/c18-15-10-9-14(11-16(15)19)12-20-17(21)8-4-7-13-5-2-1-3-6-13/h1-3,5-6,9-11H,4,7-8,12,18-19H2,(H,20,21). The first-order valence-corrected chi connectivity index (χ1v) is 7.09. The van der Waals surface area contributed by atoms with Crippen LogP contribution in [0.15, 0.2) is 48.5 Å². The highest BCUT2D eigenvalue weighted by Crippen LogP contribution is 2.15. The summed E-state index contributed by atoms with van der Waals surface area (Å²) in [7, 11) is 0. The van der Waals surface area contributed by atoms with Crippen molar-refractivity contribution in [2.75, 3.05) is 11.5 Å². The molecule has 0 saturated carbocycles. The summed E-state index contributed by atoms with van der Waals surface area (Å²) in [4.78, 5) is 11.8. The maximum absolute atomic E-state index is 11.8. The summed E-state index contributed by atoms with van der Waals surface area (Å²) in [5.41, 5.74) is 14.7. The Labute approximate surface area is 125 Å². The van der Waals surface area contributed by atoms with Gasteiger partial charge in [0.2, 0.25) is 5.91 Å². The molecular formula is C17H21N3O. The first kappa shape index (κ1) is 14.9. The SMILES string of the molecule is Nc1ccc(CNC(=O)CCCc2ccccc2)cc1N. The smallest absolute Gasteiger partial charge is 0.220 e. The van der Waals surface area contributed by atoms with Gasteiger partial charge in [0.15, 0.2) is 0 Å². The number of nitrogens with two attached hydrogens (primary N) is 2. The number of carbonyl (C=O) groups excluding carboxylic acids is 1. The molecule has 110 valence electrons. The minimum absolute atomic E-state index is 0.0568. The number of aryl methyl sites for hydroxylation is 1. The molecule has 0 aliphatic heterocycles. The molecule has 0 unspecified atom stereocenters. The molecule has 0 atom stereocenters. The molecule has 0 bridgehead atoms. The first-order valence-electron chi connectivity index (χ1n) is 7.09. The van der Waals surface area contributed by atoms with Crippen molar-refractivity contribution in [2.24, 2.45) is 0 Å². The summed E-state index contributed by atoms with van der Waals surface area (Å²) < 4.78 is 0. The zero-order chi connectivity index (χ0) is 15.1. The monoisotopic (exact) mass is 283 g/mol. The first-order chi connectivity index (χ1) is 10.1. The number of nitrogen functional groups attached to an aromatic ring is 2. The third-order valence-electron chi connectivity index (χ3n) is 3.35. The van der Waals surface area contributed by atoms with Crippen LogP contribution in [0, 0.1) is 0 Å². The molecule has 0 radical (unpaired) electrons. The molecule has 0 aliphatic carbocycles. The lowest BCUT2D eigenvalue weighted by atomic mass is 10.1. The number of anilines is 2. The van der Waals surface area contributed by atoms with E-state index in [0.717, 1.165) is 18.4 Å². The third-order valence-corrected chi connectivity index (χ3v) is 3.35. The highest BCUT2D eigenvalue weighted by molar-refractivity contribution is 5.76. The van der Waals surface area contributed by atoms with Gasteiger partial charge in [-0.1, -0.05) is 36.4 Å². The lowest BCUT2D eigenvalue weighted by molar-refractivity contribution is -0.121. The van der Waals surface area contributed by atoms with Gasteiger partial charge >= 0.3 is 0 Å². The Morgan fingerprint density at radius 3 is 2.43 bits per heavy atom. The van der Waals surface area contributed by atoms with E-state index in [1.165, 1.54) is 5.56 Å². The van der Waals surface area contributed by atoms with E-state index >= 15 is 0 Å². The second-order valence-electron chi connectivity index (χ2n) is 5.08. The van der Waals surface area contributed by atoms with Crippen LogP contribution in [-0.2, 0) is 17.8 Å². The zero-order valence-corrected chi connectivity index (χ0v) is 12.0. The molecule has 21 heavy (non-hydrogen) atoms. The molecule has 5 N–H and O–H groups in total. The lowest BCUT2D eigenvalue weighted by Crippen LogP contribution is -2.22. The van der Waals surface area contributed by atoms with Crippen molar-refractivity contribution in [3.63, 3.8) is 0 Å². The molecule has 0 saturated heterocycles. The summed E-state index contributed by atoms with van der Waals surface area (Å²) in [5.74, 6) is 0.0568. The Hall–Kier alpha value is -2.49. The summed E-state index contributed by atoms with van der Waals surface area (Å²) in [6.45, 7) is 0.481. The number of amides is 1. The maximum atomic E-state index is 11.8. The van der Waals surface area contributed by atoms with Crippen LogP contribution < -0.4 is 16.8 Å². The van der Waals surface area contributed by atoms with Gasteiger partial charge in [0.05, 0.1) is 11.4 Å². The van der Waals surface area contributed by atoms with Gasteiger partial charge in [-0.05, 0) is 36.1 Å². The summed E-state index contributed by atoms with van der Waals surface area (Å²) >= 11 is 0. The van der Waals surface area contributed by atoms with Gasteiger partial charge in [0, 0.05) is 13.0 Å². The van der Waals surface area contributed by atoms with Crippen molar-refractivity contribution in [2.45, 2.75) is 25.8 Å². The Morgan fingerprint density at radius 1 is 0.952 bits per heavy atom. The fourth-order valence-electron chi connectivity index (χ4n) is 2.12. The van der Waals surface area contributed by atoms with Crippen LogP contribution in [0.2, 0.25) is 0 Å². The highest BCUT2D eigenvalue weighted by Gasteiger charge is 2.03. The largest absolute Gasteiger partial charge is 0.397 e. The number of carbonyl (C=O) groups is 1. The Morgan fingerprint density at radius 2 is 1.71 bits per heavy atom. The molecule has 2 aromatic carbocycles. The third kappa shape index (κ3) is 4.84. The molecule has 1 amide bonds. The fourth-order valence-corrected chi connectivity index (χ4v) is 2.12. The van der Waals surface area contributed by atoms with E-state index in [0.29, 0.717) is 24.3 Å². The molecule has 2 aromatic rings. The second-order valence-corrected chi connectivity index (χ2v) is 5.08. The summed E-state index contributed by atoms with van der Waals surface area (Å²) in [5, 5.41) is 2.90. The molecular weight excluding hydrogens is 262 g/mol. The minimum atomic E-state index is 0.0568. The molecule has 0 spiro atoms. The Balaban J connectivity index is 1.71. The normalized spacial score (nSPS) is 10.3. The summed E-state index contributed by atoms with van der Waals surface area (Å²) in [6, 6.07) is 15.6.